The molecule has 69 heavy (non-hydrogen) atoms. The van der Waals surface area contributed by atoms with E-state index in [2.05, 4.69) is 52.5 Å². The lowest BCUT2D eigenvalue weighted by atomic mass is 9.98. The number of hydrogen-bond donors (Lipinski definition) is 11. The van der Waals surface area contributed by atoms with Crippen LogP contribution >= 0.6 is 0 Å². The molecule has 2 rings (SSSR count). The third kappa shape index (κ3) is 20.3. The molecule has 11 N–H and O–H groups in total. The number of hydrogen-bond acceptors (Lipinski definition) is 12. The molecule has 8 unspecified atom stereocenters. The molecule has 2 heterocycles. The molecule has 0 radical (unpaired) electrons. The summed E-state index contributed by atoms with van der Waals surface area (Å²) in [4.78, 5) is 151. The summed E-state index contributed by atoms with van der Waals surface area (Å²) in [5.74, 6) is -10.3. The largest absolute Gasteiger partial charge is 0.481 e. The summed E-state index contributed by atoms with van der Waals surface area (Å²) in [5, 5.41) is 39.3. The van der Waals surface area contributed by atoms with Crippen molar-refractivity contribution in [1.29, 1.82) is 0 Å². The summed E-state index contributed by atoms with van der Waals surface area (Å²) < 4.78 is 0. The summed E-state index contributed by atoms with van der Waals surface area (Å²) >= 11 is 0. The number of nitrogens with one attached hydrogen (secondary N) is 9. The van der Waals surface area contributed by atoms with Crippen molar-refractivity contribution in [3.63, 3.8) is 0 Å². The van der Waals surface area contributed by atoms with E-state index in [1.165, 1.54) is 31.3 Å². The highest BCUT2D eigenvalue weighted by molar-refractivity contribution is 5.98. The van der Waals surface area contributed by atoms with Gasteiger partial charge in [0, 0.05) is 31.8 Å². The van der Waals surface area contributed by atoms with Gasteiger partial charge in [-0.15, -0.1) is 0 Å². The lowest BCUT2D eigenvalue weighted by molar-refractivity contribution is -0.145. The lowest BCUT2D eigenvalue weighted by Gasteiger charge is -2.29. The van der Waals surface area contributed by atoms with Gasteiger partial charge in [-0.05, 0) is 62.7 Å². The molecule has 24 nitrogen and oxygen atoms in total. The van der Waals surface area contributed by atoms with Crippen molar-refractivity contribution in [2.45, 2.75) is 163 Å². The van der Waals surface area contributed by atoms with Crippen molar-refractivity contribution >= 4 is 65.1 Å². The van der Waals surface area contributed by atoms with Crippen molar-refractivity contribution in [1.82, 2.24) is 57.4 Å². The summed E-state index contributed by atoms with van der Waals surface area (Å²) in [5.41, 5.74) is 0.468. The molecular weight excluding hydrogens is 903 g/mol. The first kappa shape index (κ1) is 58.5. The minimum atomic E-state index is -1.69. The van der Waals surface area contributed by atoms with Crippen molar-refractivity contribution in [3.05, 3.63) is 18.2 Å². The molecule has 0 saturated carbocycles. The fourth-order valence-electron chi connectivity index (χ4n) is 7.61. The number of nitrogens with zero attached hydrogens (tertiary/aromatic N) is 2. The van der Waals surface area contributed by atoms with Crippen LogP contribution in [0.3, 0.4) is 0 Å². The number of carboxylic acids is 2. The maximum atomic E-state index is 13.9. The maximum Gasteiger partial charge on any atom is 0.326 e. The molecular formula is C45H73N11O13. The van der Waals surface area contributed by atoms with Gasteiger partial charge >= 0.3 is 11.9 Å². The molecule has 0 aliphatic carbocycles. The number of carbonyl (C=O) groups excluding carboxylic acids is 9. The van der Waals surface area contributed by atoms with E-state index in [1.807, 2.05) is 13.8 Å². The Morgan fingerprint density at radius 2 is 1.19 bits per heavy atom. The molecule has 0 aromatic carbocycles. The second-order valence-electron chi connectivity index (χ2n) is 19.0. The average Bonchev–Trinajstić information content (AvgIpc) is 3.95. The van der Waals surface area contributed by atoms with Crippen molar-refractivity contribution < 1.29 is 63.0 Å². The smallest absolute Gasteiger partial charge is 0.326 e. The van der Waals surface area contributed by atoms with E-state index < -0.39 is 132 Å². The van der Waals surface area contributed by atoms with Crippen molar-refractivity contribution in [2.75, 3.05) is 13.1 Å². The Morgan fingerprint density at radius 3 is 1.68 bits per heavy atom. The highest BCUT2D eigenvalue weighted by atomic mass is 16.4. The second kappa shape index (κ2) is 28.0. The number of imidazole rings is 1. The predicted molar refractivity (Wildman–Crippen MR) is 248 cm³/mol. The first-order chi connectivity index (χ1) is 32.2. The van der Waals surface area contributed by atoms with E-state index in [0.29, 0.717) is 18.5 Å². The van der Waals surface area contributed by atoms with Gasteiger partial charge in [0.2, 0.25) is 53.2 Å². The highest BCUT2D eigenvalue weighted by Gasteiger charge is 2.39. The van der Waals surface area contributed by atoms with Gasteiger partial charge in [-0.1, -0.05) is 55.4 Å². The fraction of sp³-hybridized carbons (Fsp3) is 0.689. The van der Waals surface area contributed by atoms with Gasteiger partial charge in [0.25, 0.3) is 0 Å². The Bertz CT molecular complexity index is 1970. The van der Waals surface area contributed by atoms with Crippen LogP contribution < -0.4 is 42.5 Å². The molecule has 9 amide bonds. The van der Waals surface area contributed by atoms with Gasteiger partial charge in [-0.2, -0.15) is 0 Å². The fourth-order valence-corrected chi connectivity index (χ4v) is 7.61. The van der Waals surface area contributed by atoms with E-state index >= 15 is 0 Å². The quantitative estimate of drug-likeness (QED) is 0.0473. The SMILES string of the molecule is CC(=O)NC(Cc1cnc[nH]1)C(=O)NC(CC(=O)O)C(=O)NC(CC(C)C)C(=O)NC(CC(C)C)C(=O)NC(C(=O)NCC(=O)NC(C)C(=O)N1CCCC1C(=O)NC(CC(C)C)C(=O)O)C(C)C. The summed E-state index contributed by atoms with van der Waals surface area (Å²) in [6.07, 6.45) is 2.92. The first-order valence-electron chi connectivity index (χ1n) is 23.3. The van der Waals surface area contributed by atoms with Crippen LogP contribution in [0.15, 0.2) is 12.5 Å². The summed E-state index contributed by atoms with van der Waals surface area (Å²) in [7, 11) is 0. The lowest BCUT2D eigenvalue weighted by Crippen LogP contribution is -2.60. The average molecular weight is 976 g/mol. The van der Waals surface area contributed by atoms with Crippen LogP contribution in [0.5, 0.6) is 0 Å². The van der Waals surface area contributed by atoms with Crippen molar-refractivity contribution in [2.24, 2.45) is 23.7 Å². The molecule has 0 spiro atoms. The van der Waals surface area contributed by atoms with Crippen LogP contribution in [0, 0.1) is 23.7 Å². The normalized spacial score (nSPS) is 16.6. The van der Waals surface area contributed by atoms with Gasteiger partial charge < -0.3 is 62.6 Å². The number of aromatic amines is 1. The Hall–Kier alpha value is -6.62. The molecule has 386 valence electrons. The third-order valence-corrected chi connectivity index (χ3v) is 10.9. The third-order valence-electron chi connectivity index (χ3n) is 10.9. The predicted octanol–water partition coefficient (Wildman–Crippen LogP) is -1.15. The topological polar surface area (TPSA) is 356 Å². The minimum absolute atomic E-state index is 0.0151. The van der Waals surface area contributed by atoms with E-state index in [-0.39, 0.29) is 50.0 Å². The number of H-pyrrole nitrogens is 1. The van der Waals surface area contributed by atoms with Gasteiger partial charge in [0.1, 0.15) is 48.3 Å². The molecule has 1 aromatic rings. The van der Waals surface area contributed by atoms with Crippen LogP contribution in [-0.4, -0.2) is 152 Å². The molecule has 1 fully saturated rings. The second-order valence-corrected chi connectivity index (χ2v) is 19.0. The zero-order valence-corrected chi connectivity index (χ0v) is 41.2. The van der Waals surface area contributed by atoms with Gasteiger partial charge in [-0.3, -0.25) is 47.9 Å². The van der Waals surface area contributed by atoms with Gasteiger partial charge in [0.05, 0.1) is 19.3 Å². The Morgan fingerprint density at radius 1 is 0.667 bits per heavy atom. The number of carboxylic acid groups (broad SMARTS) is 2. The molecule has 0 bridgehead atoms. The molecule has 24 heteroatoms. The number of carbonyl (C=O) groups is 11. The molecule has 1 aromatic heterocycles. The number of aliphatic carboxylic acids is 2. The van der Waals surface area contributed by atoms with E-state index in [0.717, 1.165) is 0 Å². The minimum Gasteiger partial charge on any atom is -0.481 e. The van der Waals surface area contributed by atoms with E-state index in [9.17, 15) is 63.0 Å². The van der Waals surface area contributed by atoms with E-state index in [1.54, 1.807) is 41.5 Å². The summed E-state index contributed by atoms with van der Waals surface area (Å²) in [6.45, 7) is 16.2. The standard InChI is InChI=1S/C45H73N11O13/c1-22(2)14-29(51-40(63)32(18-36(59)60)53-39(62)31(50-27(10)57)17-28-19-46-21-48-28)38(61)52-30(15-23(3)4)41(64)55-37(25(7)8)43(66)47-20-35(58)49-26(9)44(67)56-13-11-12-34(56)42(65)54-33(45(68)69)16-24(5)6/h19,21-26,29-34,37H,11-18,20H2,1-10H3,(H,46,48)(H,47,66)(H,49,58)(H,50,57)(H,51,63)(H,52,61)(H,53,62)(H,54,65)(H,55,64)(H,59,60)(H,68,69). The Balaban J connectivity index is 2.15. The van der Waals surface area contributed by atoms with Crippen molar-refractivity contribution in [3.8, 4) is 0 Å². The maximum absolute atomic E-state index is 13.9. The number of amides is 9. The van der Waals surface area contributed by atoms with Crippen LogP contribution in [0.2, 0.25) is 0 Å². The number of aromatic nitrogens is 2. The van der Waals surface area contributed by atoms with Crippen LogP contribution in [0.4, 0.5) is 0 Å². The summed E-state index contributed by atoms with van der Waals surface area (Å²) in [6, 6.07) is -9.89. The molecule has 8 atom stereocenters. The number of rotatable bonds is 28. The highest BCUT2D eigenvalue weighted by Crippen LogP contribution is 2.20. The van der Waals surface area contributed by atoms with E-state index in [4.69, 9.17) is 0 Å². The zero-order valence-electron chi connectivity index (χ0n) is 41.2. The Kier molecular flexibility index (Phi) is 23.8. The Labute approximate surface area is 402 Å². The van der Waals surface area contributed by atoms with Gasteiger partial charge in [0.15, 0.2) is 0 Å². The van der Waals surface area contributed by atoms with Crippen LogP contribution in [-0.2, 0) is 59.2 Å². The molecule has 1 aliphatic heterocycles. The monoisotopic (exact) mass is 976 g/mol. The van der Waals surface area contributed by atoms with Gasteiger partial charge in [-0.25, -0.2) is 9.78 Å². The molecule has 1 saturated heterocycles. The van der Waals surface area contributed by atoms with Crippen LogP contribution in [0.25, 0.3) is 0 Å². The van der Waals surface area contributed by atoms with Crippen LogP contribution in [0.1, 0.15) is 113 Å². The number of likely N-dealkylation sites (tertiary alicyclic amines) is 1. The first-order valence-corrected chi connectivity index (χ1v) is 23.3. The molecule has 1 aliphatic rings. The zero-order chi connectivity index (χ0) is 52.3.